The van der Waals surface area contributed by atoms with E-state index in [-0.39, 0.29) is 12.2 Å². The van der Waals surface area contributed by atoms with Crippen LogP contribution in [0.4, 0.5) is 0 Å². The van der Waals surface area contributed by atoms with Crippen LogP contribution >= 0.6 is 0 Å². The van der Waals surface area contributed by atoms with E-state index in [1.165, 1.54) is 9.25 Å². The van der Waals surface area contributed by atoms with Crippen molar-refractivity contribution < 1.29 is 0 Å². The number of azide groups is 1. The number of aromatic nitrogens is 3. The van der Waals surface area contributed by atoms with Gasteiger partial charge in [0, 0.05) is 18.0 Å². The van der Waals surface area contributed by atoms with E-state index in [0.29, 0.717) is 12.4 Å². The van der Waals surface area contributed by atoms with Gasteiger partial charge in [0.1, 0.15) is 5.82 Å². The Hall–Kier alpha value is -2.53. The second kappa shape index (κ2) is 5.41. The fourth-order valence-electron chi connectivity index (χ4n) is 1.87. The molecular formula is C12H14N6O. The molecule has 0 saturated carbocycles. The van der Waals surface area contributed by atoms with Gasteiger partial charge in [-0.05, 0) is 37.1 Å². The number of nitrogens with zero attached hydrogens (tertiary/aromatic N) is 6. The Balaban J connectivity index is 2.41. The minimum Gasteiger partial charge on any atom is -0.279 e. The van der Waals surface area contributed by atoms with E-state index in [1.54, 1.807) is 6.92 Å². The number of aryl methyl sites for hydroxylation is 2. The van der Waals surface area contributed by atoms with Crippen LogP contribution in [0.15, 0.2) is 34.2 Å². The van der Waals surface area contributed by atoms with Gasteiger partial charge in [-0.25, -0.2) is 4.79 Å². The molecule has 98 valence electrons. The van der Waals surface area contributed by atoms with E-state index in [4.69, 9.17) is 5.53 Å². The summed E-state index contributed by atoms with van der Waals surface area (Å²) in [7, 11) is 0. The van der Waals surface area contributed by atoms with Crippen molar-refractivity contribution >= 4 is 0 Å². The largest absolute Gasteiger partial charge is 0.350 e. The van der Waals surface area contributed by atoms with Gasteiger partial charge in [0.15, 0.2) is 0 Å². The summed E-state index contributed by atoms with van der Waals surface area (Å²) >= 11 is 0. The number of benzene rings is 1. The first-order valence-corrected chi connectivity index (χ1v) is 5.88. The second-order valence-electron chi connectivity index (χ2n) is 4.19. The number of hydrogen-bond acceptors (Lipinski definition) is 3. The molecule has 0 spiro atoms. The van der Waals surface area contributed by atoms with Gasteiger partial charge in [-0.15, -0.1) is 0 Å². The summed E-state index contributed by atoms with van der Waals surface area (Å²) in [6.45, 7) is 4.28. The van der Waals surface area contributed by atoms with Crippen molar-refractivity contribution in [2.45, 2.75) is 20.4 Å². The Morgan fingerprint density at radius 3 is 2.89 bits per heavy atom. The summed E-state index contributed by atoms with van der Waals surface area (Å²) < 4.78 is 2.86. The van der Waals surface area contributed by atoms with E-state index < -0.39 is 0 Å². The van der Waals surface area contributed by atoms with Gasteiger partial charge in [0.05, 0.1) is 5.69 Å². The van der Waals surface area contributed by atoms with E-state index >= 15 is 0 Å². The molecule has 0 unspecified atom stereocenters. The van der Waals surface area contributed by atoms with E-state index in [2.05, 4.69) is 15.1 Å². The molecule has 0 bridgehead atoms. The van der Waals surface area contributed by atoms with Crippen LogP contribution in [0, 0.1) is 13.8 Å². The normalized spacial score (nSPS) is 10.2. The number of rotatable bonds is 4. The fourth-order valence-corrected chi connectivity index (χ4v) is 1.87. The summed E-state index contributed by atoms with van der Waals surface area (Å²) in [6.07, 6.45) is 0. The quantitative estimate of drug-likeness (QED) is 0.476. The van der Waals surface area contributed by atoms with Crippen molar-refractivity contribution in [3.8, 4) is 5.69 Å². The third-order valence-electron chi connectivity index (χ3n) is 2.78. The molecule has 0 atom stereocenters. The van der Waals surface area contributed by atoms with E-state index in [1.807, 2.05) is 31.2 Å². The predicted molar refractivity (Wildman–Crippen MR) is 71.3 cm³/mol. The lowest BCUT2D eigenvalue weighted by atomic mass is 10.2. The molecule has 2 aromatic rings. The van der Waals surface area contributed by atoms with Crippen molar-refractivity contribution in [2.75, 3.05) is 6.54 Å². The molecule has 1 aromatic heterocycles. The van der Waals surface area contributed by atoms with Gasteiger partial charge in [-0.3, -0.25) is 4.57 Å². The van der Waals surface area contributed by atoms with Gasteiger partial charge in [-0.1, -0.05) is 17.2 Å². The van der Waals surface area contributed by atoms with Crippen molar-refractivity contribution in [3.63, 3.8) is 0 Å². The van der Waals surface area contributed by atoms with Gasteiger partial charge >= 0.3 is 5.69 Å². The highest BCUT2D eigenvalue weighted by Crippen LogP contribution is 2.07. The molecule has 0 N–H and O–H groups in total. The minimum atomic E-state index is -0.226. The predicted octanol–water partition coefficient (Wildman–Crippen LogP) is 1.96. The Morgan fingerprint density at radius 2 is 2.21 bits per heavy atom. The molecule has 2 rings (SSSR count). The van der Waals surface area contributed by atoms with Crippen LogP contribution in [0.2, 0.25) is 0 Å². The molecule has 0 aliphatic heterocycles. The third kappa shape index (κ3) is 2.66. The molecule has 7 nitrogen and oxygen atoms in total. The van der Waals surface area contributed by atoms with Crippen molar-refractivity contribution in [1.82, 2.24) is 14.3 Å². The van der Waals surface area contributed by atoms with Crippen LogP contribution in [0.3, 0.4) is 0 Å². The molecule has 19 heavy (non-hydrogen) atoms. The molecule has 0 aliphatic rings. The zero-order valence-electron chi connectivity index (χ0n) is 10.8. The molecule has 0 amide bonds. The van der Waals surface area contributed by atoms with Crippen LogP contribution in [0.1, 0.15) is 11.4 Å². The monoisotopic (exact) mass is 258 g/mol. The van der Waals surface area contributed by atoms with Crippen LogP contribution in [0.5, 0.6) is 0 Å². The molecule has 0 saturated heterocycles. The molecule has 1 heterocycles. The van der Waals surface area contributed by atoms with E-state index in [9.17, 15) is 4.79 Å². The Bertz CT molecular complexity index is 692. The first-order chi connectivity index (χ1) is 9.13. The van der Waals surface area contributed by atoms with Gasteiger partial charge in [0.25, 0.3) is 0 Å². The maximum Gasteiger partial charge on any atom is 0.350 e. The lowest BCUT2D eigenvalue weighted by Gasteiger charge is -2.00. The summed E-state index contributed by atoms with van der Waals surface area (Å²) in [4.78, 5) is 14.9. The van der Waals surface area contributed by atoms with Crippen molar-refractivity contribution in [1.29, 1.82) is 0 Å². The highest BCUT2D eigenvalue weighted by Gasteiger charge is 2.10. The summed E-state index contributed by atoms with van der Waals surface area (Å²) in [5, 5.41) is 7.66. The molecule has 7 heteroatoms. The molecule has 0 fully saturated rings. The van der Waals surface area contributed by atoms with Crippen molar-refractivity contribution in [2.24, 2.45) is 5.11 Å². The third-order valence-corrected chi connectivity index (χ3v) is 2.78. The molecule has 1 aromatic carbocycles. The standard InChI is InChI=1S/C12H14N6O/c1-9-4-3-5-11(8-9)18-12(19)17(10(2)15-18)7-6-14-16-13/h3-5,8H,6-7H2,1-2H3. The average molecular weight is 258 g/mol. The summed E-state index contributed by atoms with van der Waals surface area (Å²) in [6, 6.07) is 7.57. The number of hydrogen-bond donors (Lipinski definition) is 0. The van der Waals surface area contributed by atoms with Crippen LogP contribution in [-0.2, 0) is 6.54 Å². The minimum absolute atomic E-state index is 0.226. The lowest BCUT2D eigenvalue weighted by Crippen LogP contribution is -2.25. The van der Waals surface area contributed by atoms with Crippen LogP contribution in [0.25, 0.3) is 16.1 Å². The maximum absolute atomic E-state index is 12.2. The second-order valence-corrected chi connectivity index (χ2v) is 4.19. The topological polar surface area (TPSA) is 88.6 Å². The van der Waals surface area contributed by atoms with Crippen LogP contribution < -0.4 is 5.69 Å². The smallest absolute Gasteiger partial charge is 0.279 e. The molecule has 0 aliphatic carbocycles. The highest BCUT2D eigenvalue weighted by atomic mass is 16.2. The highest BCUT2D eigenvalue weighted by molar-refractivity contribution is 5.34. The fraction of sp³-hybridized carbons (Fsp3) is 0.333. The maximum atomic E-state index is 12.2. The van der Waals surface area contributed by atoms with Crippen LogP contribution in [-0.4, -0.2) is 20.9 Å². The average Bonchev–Trinajstić information content (AvgIpc) is 2.67. The van der Waals surface area contributed by atoms with Gasteiger partial charge in [-0.2, -0.15) is 9.78 Å². The zero-order chi connectivity index (χ0) is 13.8. The summed E-state index contributed by atoms with van der Waals surface area (Å²) in [5.41, 5.74) is 9.81. The first-order valence-electron chi connectivity index (χ1n) is 5.88. The Morgan fingerprint density at radius 1 is 1.42 bits per heavy atom. The molecular weight excluding hydrogens is 244 g/mol. The Kier molecular flexibility index (Phi) is 3.68. The first kappa shape index (κ1) is 12.9. The molecule has 0 radical (unpaired) electrons. The van der Waals surface area contributed by atoms with Gasteiger partial charge in [0.2, 0.25) is 0 Å². The van der Waals surface area contributed by atoms with E-state index in [0.717, 1.165) is 11.3 Å². The Labute approximate surface area is 109 Å². The zero-order valence-corrected chi connectivity index (χ0v) is 10.8. The van der Waals surface area contributed by atoms with Crippen molar-refractivity contribution in [3.05, 3.63) is 56.6 Å². The SMILES string of the molecule is Cc1cccc(-n2nc(C)n(CCN=[N+]=[N-])c2=O)c1. The lowest BCUT2D eigenvalue weighted by molar-refractivity contribution is 0.655. The summed E-state index contributed by atoms with van der Waals surface area (Å²) in [5.74, 6) is 0.597. The van der Waals surface area contributed by atoms with Gasteiger partial charge < -0.3 is 0 Å².